The second-order valence-electron chi connectivity index (χ2n) is 6.62. The molecule has 0 amide bonds. The summed E-state index contributed by atoms with van der Waals surface area (Å²) in [4.78, 5) is 6.97. The molecule has 4 rings (SSSR count). The summed E-state index contributed by atoms with van der Waals surface area (Å²) in [6.07, 6.45) is 2.97. The van der Waals surface area contributed by atoms with Gasteiger partial charge in [0, 0.05) is 31.5 Å². The molecule has 0 bridgehead atoms. The lowest BCUT2D eigenvalue weighted by molar-refractivity contribution is 0.720. The summed E-state index contributed by atoms with van der Waals surface area (Å²) in [5.74, 6) is 1.01. The highest BCUT2D eigenvalue weighted by atomic mass is 35.5. The first-order valence-corrected chi connectivity index (χ1v) is 9.31. The molecule has 0 saturated heterocycles. The molecule has 0 fully saturated rings. The molecule has 4 nitrogen and oxygen atoms in total. The number of hydrogen-bond acceptors (Lipinski definition) is 4. The summed E-state index contributed by atoms with van der Waals surface area (Å²) in [6.45, 7) is 2.55. The van der Waals surface area contributed by atoms with Crippen molar-refractivity contribution in [1.29, 1.82) is 5.26 Å². The summed E-state index contributed by atoms with van der Waals surface area (Å²) in [7, 11) is 0. The Kier molecular flexibility index (Phi) is 4.95. The minimum Gasteiger partial charge on any atom is -0.381 e. The van der Waals surface area contributed by atoms with Crippen LogP contribution in [0.15, 0.2) is 60.8 Å². The van der Waals surface area contributed by atoms with Crippen molar-refractivity contribution in [3.05, 3.63) is 88.1 Å². The number of nitrogens with one attached hydrogen (secondary N) is 1. The van der Waals surface area contributed by atoms with Gasteiger partial charge in [-0.1, -0.05) is 41.9 Å². The van der Waals surface area contributed by atoms with Crippen LogP contribution in [-0.2, 0) is 19.5 Å². The van der Waals surface area contributed by atoms with Crippen LogP contribution in [0.1, 0.15) is 22.3 Å². The zero-order valence-electron chi connectivity index (χ0n) is 14.8. The molecule has 1 N–H and O–H groups in total. The molecule has 0 spiro atoms. The second-order valence-corrected chi connectivity index (χ2v) is 7.03. The van der Waals surface area contributed by atoms with Gasteiger partial charge in [-0.3, -0.25) is 0 Å². The fourth-order valence-corrected chi connectivity index (χ4v) is 3.54. The zero-order chi connectivity index (χ0) is 18.6. The van der Waals surface area contributed by atoms with E-state index < -0.39 is 0 Å². The van der Waals surface area contributed by atoms with Gasteiger partial charge in [0.25, 0.3) is 0 Å². The van der Waals surface area contributed by atoms with Crippen molar-refractivity contribution in [3.8, 4) is 6.07 Å². The summed E-state index contributed by atoms with van der Waals surface area (Å²) in [5, 5.41) is 12.7. The standard InChI is InChI=1S/C22H19ClN4/c23-21-11-20(7-6-18(21)12-24)25-13-16-5-8-22(26-14-16)27-10-9-17-3-1-2-4-19(17)15-27/h1-8,11,14,25H,9-10,13,15H2. The fourth-order valence-electron chi connectivity index (χ4n) is 3.32. The Hall–Kier alpha value is -3.03. The predicted octanol–water partition coefficient (Wildman–Crippen LogP) is 4.78. The number of pyridine rings is 1. The highest BCUT2D eigenvalue weighted by Gasteiger charge is 2.16. The fraction of sp³-hybridized carbons (Fsp3) is 0.182. The number of fused-ring (bicyclic) bond motifs is 1. The Labute approximate surface area is 164 Å². The van der Waals surface area contributed by atoms with E-state index in [0.717, 1.165) is 36.6 Å². The first kappa shape index (κ1) is 17.4. The molecule has 2 heterocycles. The van der Waals surface area contributed by atoms with Crippen LogP contribution in [0, 0.1) is 11.3 Å². The summed E-state index contributed by atoms with van der Waals surface area (Å²) in [6, 6.07) is 20.2. The molecule has 27 heavy (non-hydrogen) atoms. The van der Waals surface area contributed by atoms with Crippen molar-refractivity contribution in [2.24, 2.45) is 0 Å². The van der Waals surface area contributed by atoms with Crippen LogP contribution in [0.5, 0.6) is 0 Å². The van der Waals surface area contributed by atoms with Crippen LogP contribution in [0.2, 0.25) is 5.02 Å². The van der Waals surface area contributed by atoms with Gasteiger partial charge in [0.05, 0.1) is 10.6 Å². The van der Waals surface area contributed by atoms with Gasteiger partial charge in [-0.15, -0.1) is 0 Å². The van der Waals surface area contributed by atoms with Gasteiger partial charge in [-0.05, 0) is 47.4 Å². The Balaban J connectivity index is 1.40. The van der Waals surface area contributed by atoms with Gasteiger partial charge >= 0.3 is 0 Å². The molecule has 1 aliphatic rings. The number of hydrogen-bond donors (Lipinski definition) is 1. The van der Waals surface area contributed by atoms with Crippen molar-refractivity contribution in [2.45, 2.75) is 19.5 Å². The molecule has 5 heteroatoms. The number of anilines is 2. The SMILES string of the molecule is N#Cc1ccc(NCc2ccc(N3CCc4ccccc4C3)nc2)cc1Cl. The van der Waals surface area contributed by atoms with Crippen molar-refractivity contribution in [1.82, 2.24) is 4.98 Å². The first-order valence-electron chi connectivity index (χ1n) is 8.93. The number of nitriles is 1. The molecule has 0 unspecified atom stereocenters. The van der Waals surface area contributed by atoms with E-state index in [1.807, 2.05) is 12.3 Å². The number of halogens is 1. The van der Waals surface area contributed by atoms with Crippen LogP contribution < -0.4 is 10.2 Å². The van der Waals surface area contributed by atoms with E-state index in [4.69, 9.17) is 16.9 Å². The van der Waals surface area contributed by atoms with Gasteiger partial charge in [0.1, 0.15) is 11.9 Å². The van der Waals surface area contributed by atoms with Crippen LogP contribution >= 0.6 is 11.6 Å². The Morgan fingerprint density at radius 1 is 1.11 bits per heavy atom. The largest absolute Gasteiger partial charge is 0.381 e. The first-order chi connectivity index (χ1) is 13.2. The minimum absolute atomic E-state index is 0.460. The number of nitrogens with zero attached hydrogens (tertiary/aromatic N) is 3. The smallest absolute Gasteiger partial charge is 0.128 e. The Morgan fingerprint density at radius 2 is 1.96 bits per heavy atom. The average Bonchev–Trinajstić information content (AvgIpc) is 2.72. The molecule has 134 valence electrons. The Bertz CT molecular complexity index is 992. The normalized spacial score (nSPS) is 13.0. The number of aromatic nitrogens is 1. The van der Waals surface area contributed by atoms with E-state index in [-0.39, 0.29) is 0 Å². The third-order valence-electron chi connectivity index (χ3n) is 4.85. The van der Waals surface area contributed by atoms with Gasteiger partial charge in [-0.25, -0.2) is 4.98 Å². The number of rotatable bonds is 4. The molecule has 2 aromatic carbocycles. The van der Waals surface area contributed by atoms with Crippen LogP contribution in [-0.4, -0.2) is 11.5 Å². The van der Waals surface area contributed by atoms with Gasteiger partial charge < -0.3 is 10.2 Å². The van der Waals surface area contributed by atoms with E-state index in [0.29, 0.717) is 17.1 Å². The highest BCUT2D eigenvalue weighted by Crippen LogP contribution is 2.24. The topological polar surface area (TPSA) is 52.0 Å². The maximum absolute atomic E-state index is 8.94. The van der Waals surface area contributed by atoms with Crippen molar-refractivity contribution >= 4 is 23.1 Å². The Morgan fingerprint density at radius 3 is 2.70 bits per heavy atom. The van der Waals surface area contributed by atoms with E-state index in [2.05, 4.69) is 57.7 Å². The lowest BCUT2D eigenvalue weighted by Crippen LogP contribution is -2.30. The molecular formula is C22H19ClN4. The van der Waals surface area contributed by atoms with E-state index >= 15 is 0 Å². The third kappa shape index (κ3) is 3.89. The molecule has 3 aromatic rings. The van der Waals surface area contributed by atoms with Crippen LogP contribution in [0.25, 0.3) is 0 Å². The quantitative estimate of drug-likeness (QED) is 0.713. The molecule has 0 saturated carbocycles. The molecule has 1 aliphatic heterocycles. The average molecular weight is 375 g/mol. The summed E-state index contributed by atoms with van der Waals surface area (Å²) >= 11 is 6.07. The second kappa shape index (κ2) is 7.69. The summed E-state index contributed by atoms with van der Waals surface area (Å²) in [5.41, 5.74) is 5.29. The molecular weight excluding hydrogens is 356 g/mol. The van der Waals surface area contributed by atoms with Crippen molar-refractivity contribution in [3.63, 3.8) is 0 Å². The number of benzene rings is 2. The van der Waals surface area contributed by atoms with E-state index in [1.54, 1.807) is 12.1 Å². The third-order valence-corrected chi connectivity index (χ3v) is 5.16. The molecule has 1 aromatic heterocycles. The van der Waals surface area contributed by atoms with Gasteiger partial charge in [-0.2, -0.15) is 5.26 Å². The monoisotopic (exact) mass is 374 g/mol. The lowest BCUT2D eigenvalue weighted by atomic mass is 10.00. The molecule has 0 radical (unpaired) electrons. The maximum atomic E-state index is 8.94. The minimum atomic E-state index is 0.460. The van der Waals surface area contributed by atoms with Crippen LogP contribution in [0.3, 0.4) is 0 Å². The van der Waals surface area contributed by atoms with Crippen LogP contribution in [0.4, 0.5) is 11.5 Å². The zero-order valence-corrected chi connectivity index (χ0v) is 15.6. The molecule has 0 atom stereocenters. The molecule has 0 aliphatic carbocycles. The lowest BCUT2D eigenvalue weighted by Gasteiger charge is -2.29. The predicted molar refractivity (Wildman–Crippen MR) is 109 cm³/mol. The highest BCUT2D eigenvalue weighted by molar-refractivity contribution is 6.32. The van der Waals surface area contributed by atoms with E-state index in [9.17, 15) is 0 Å². The maximum Gasteiger partial charge on any atom is 0.128 e. The van der Waals surface area contributed by atoms with Gasteiger partial charge in [0.15, 0.2) is 0 Å². The van der Waals surface area contributed by atoms with Crippen molar-refractivity contribution < 1.29 is 0 Å². The van der Waals surface area contributed by atoms with E-state index in [1.165, 1.54) is 11.1 Å². The van der Waals surface area contributed by atoms with Gasteiger partial charge in [0.2, 0.25) is 0 Å². The van der Waals surface area contributed by atoms with Crippen molar-refractivity contribution in [2.75, 3.05) is 16.8 Å². The summed E-state index contributed by atoms with van der Waals surface area (Å²) < 4.78 is 0.